The second kappa shape index (κ2) is 7.26. The van der Waals surface area contributed by atoms with Gasteiger partial charge in [-0.1, -0.05) is 53.7 Å². The smallest absolute Gasteiger partial charge is 0.413 e. The Morgan fingerprint density at radius 2 is 1.68 bits per heavy atom. The Morgan fingerprint density at radius 3 is 2.32 bits per heavy atom. The molecule has 1 aromatic heterocycles. The Kier molecular flexibility index (Phi) is 4.70. The van der Waals surface area contributed by atoms with E-state index >= 15 is 0 Å². The number of carboxylic acid groups (broad SMARTS) is 1. The van der Waals surface area contributed by atoms with Gasteiger partial charge in [0.2, 0.25) is 5.69 Å². The first-order chi connectivity index (χ1) is 12.1. The molecule has 3 rings (SSSR count). The van der Waals surface area contributed by atoms with Crippen LogP contribution >= 0.6 is 0 Å². The lowest BCUT2D eigenvalue weighted by atomic mass is 10.2. The van der Waals surface area contributed by atoms with E-state index in [2.05, 4.69) is 15.6 Å². The van der Waals surface area contributed by atoms with Crippen molar-refractivity contribution in [2.75, 3.05) is 5.32 Å². The van der Waals surface area contributed by atoms with E-state index in [1.165, 1.54) is 4.68 Å². The predicted molar refractivity (Wildman–Crippen MR) is 88.6 cm³/mol. The van der Waals surface area contributed by atoms with E-state index in [9.17, 15) is 14.7 Å². The molecule has 2 aromatic carbocycles. The van der Waals surface area contributed by atoms with Gasteiger partial charge in [-0.15, -0.1) is 5.10 Å². The Bertz CT molecular complexity index is 878. The van der Waals surface area contributed by atoms with Crippen molar-refractivity contribution in [2.45, 2.75) is 6.61 Å². The molecule has 0 fully saturated rings. The fourth-order valence-electron chi connectivity index (χ4n) is 2.14. The number of nitrogens with zero attached hydrogens (tertiary/aromatic N) is 3. The van der Waals surface area contributed by atoms with Crippen LogP contribution in [0.1, 0.15) is 16.1 Å². The molecule has 0 aliphatic carbocycles. The van der Waals surface area contributed by atoms with E-state index in [1.807, 2.05) is 30.3 Å². The van der Waals surface area contributed by atoms with Crippen molar-refractivity contribution < 1.29 is 19.4 Å². The van der Waals surface area contributed by atoms with E-state index in [-0.39, 0.29) is 18.1 Å². The number of rotatable bonds is 5. The number of hydrogen-bond donors (Lipinski definition) is 2. The Morgan fingerprint density at radius 1 is 1.04 bits per heavy atom. The van der Waals surface area contributed by atoms with E-state index in [4.69, 9.17) is 4.74 Å². The third-order valence-electron chi connectivity index (χ3n) is 3.31. The lowest BCUT2D eigenvalue weighted by Crippen LogP contribution is -2.18. The number of para-hydroxylation sites is 1. The molecule has 0 radical (unpaired) electrons. The molecular formula is C17H14N4O4. The number of amides is 1. The molecule has 8 heteroatoms. The molecule has 0 saturated heterocycles. The number of carboxylic acids is 1. The minimum Gasteiger partial charge on any atom is -0.476 e. The largest absolute Gasteiger partial charge is 0.476 e. The number of carbonyl (C=O) groups excluding carboxylic acids is 1. The van der Waals surface area contributed by atoms with Gasteiger partial charge in [-0.3, -0.25) is 5.32 Å². The highest BCUT2D eigenvalue weighted by molar-refractivity contribution is 5.96. The second-order valence-corrected chi connectivity index (χ2v) is 5.03. The summed E-state index contributed by atoms with van der Waals surface area (Å²) in [7, 11) is 0. The number of nitrogens with one attached hydrogen (secondary N) is 1. The van der Waals surface area contributed by atoms with Gasteiger partial charge in [0.1, 0.15) is 6.61 Å². The van der Waals surface area contributed by atoms with E-state index < -0.39 is 12.1 Å². The molecule has 0 bridgehead atoms. The minimum absolute atomic E-state index is 0.0575. The van der Waals surface area contributed by atoms with Crippen molar-refractivity contribution in [3.05, 3.63) is 71.9 Å². The molecule has 1 amide bonds. The van der Waals surface area contributed by atoms with Crippen molar-refractivity contribution in [1.82, 2.24) is 15.0 Å². The Labute approximate surface area is 142 Å². The highest BCUT2D eigenvalue weighted by Gasteiger charge is 2.22. The first kappa shape index (κ1) is 16.2. The maximum atomic E-state index is 12.0. The Hall–Kier alpha value is -3.68. The SMILES string of the molecule is O=C(Nc1c(C(=O)O)nnn1-c1ccccc1)OCc1ccccc1. The summed E-state index contributed by atoms with van der Waals surface area (Å²) in [5.74, 6) is -1.38. The summed E-state index contributed by atoms with van der Waals surface area (Å²) in [6, 6.07) is 17.9. The van der Waals surface area contributed by atoms with Crippen LogP contribution in [0.25, 0.3) is 5.69 Å². The molecule has 3 aromatic rings. The van der Waals surface area contributed by atoms with Crippen LogP contribution in [0.4, 0.5) is 10.6 Å². The summed E-state index contributed by atoms with van der Waals surface area (Å²) in [5.41, 5.74) is 0.993. The lowest BCUT2D eigenvalue weighted by molar-refractivity contribution is 0.0691. The first-order valence-electron chi connectivity index (χ1n) is 7.37. The van der Waals surface area contributed by atoms with Crippen molar-refractivity contribution in [3.8, 4) is 5.69 Å². The summed E-state index contributed by atoms with van der Waals surface area (Å²) in [6.45, 7) is 0.0575. The van der Waals surface area contributed by atoms with Crippen molar-refractivity contribution in [2.24, 2.45) is 0 Å². The van der Waals surface area contributed by atoms with Crippen LogP contribution < -0.4 is 5.32 Å². The highest BCUT2D eigenvalue weighted by atomic mass is 16.5. The summed E-state index contributed by atoms with van der Waals surface area (Å²) < 4.78 is 6.34. The molecule has 0 atom stereocenters. The predicted octanol–water partition coefficient (Wildman–Crippen LogP) is 2.71. The molecule has 126 valence electrons. The number of aromatic carboxylic acids is 1. The van der Waals surface area contributed by atoms with Crippen LogP contribution in [-0.2, 0) is 11.3 Å². The fourth-order valence-corrected chi connectivity index (χ4v) is 2.14. The molecular weight excluding hydrogens is 324 g/mol. The molecule has 2 N–H and O–H groups in total. The van der Waals surface area contributed by atoms with Crippen LogP contribution in [0.15, 0.2) is 60.7 Å². The minimum atomic E-state index is -1.31. The average Bonchev–Trinajstić information content (AvgIpc) is 3.05. The zero-order valence-electron chi connectivity index (χ0n) is 13.0. The van der Waals surface area contributed by atoms with Crippen LogP contribution in [0, 0.1) is 0 Å². The number of benzene rings is 2. The van der Waals surface area contributed by atoms with Crippen LogP contribution in [0.2, 0.25) is 0 Å². The topological polar surface area (TPSA) is 106 Å². The number of anilines is 1. The zero-order valence-corrected chi connectivity index (χ0v) is 13.0. The maximum absolute atomic E-state index is 12.0. The van der Waals surface area contributed by atoms with Gasteiger partial charge >= 0.3 is 12.1 Å². The molecule has 0 aliphatic heterocycles. The van der Waals surface area contributed by atoms with Crippen molar-refractivity contribution in [1.29, 1.82) is 0 Å². The third-order valence-corrected chi connectivity index (χ3v) is 3.31. The number of carbonyl (C=O) groups is 2. The van der Waals surface area contributed by atoms with Gasteiger partial charge in [0.05, 0.1) is 5.69 Å². The number of hydrogen-bond acceptors (Lipinski definition) is 5. The lowest BCUT2D eigenvalue weighted by Gasteiger charge is -2.09. The second-order valence-electron chi connectivity index (χ2n) is 5.03. The van der Waals surface area contributed by atoms with Gasteiger partial charge in [0.25, 0.3) is 0 Å². The zero-order chi connectivity index (χ0) is 17.6. The molecule has 0 aliphatic rings. The first-order valence-corrected chi connectivity index (χ1v) is 7.37. The van der Waals surface area contributed by atoms with Crippen molar-refractivity contribution >= 4 is 17.9 Å². The summed E-state index contributed by atoms with van der Waals surface area (Å²) in [5, 5.41) is 19.0. The molecule has 0 spiro atoms. The van der Waals surface area contributed by atoms with E-state index in [0.29, 0.717) is 5.69 Å². The summed E-state index contributed by atoms with van der Waals surface area (Å²) in [6.07, 6.45) is -0.800. The van der Waals surface area contributed by atoms with Gasteiger partial charge < -0.3 is 9.84 Å². The van der Waals surface area contributed by atoms with Gasteiger partial charge in [0, 0.05) is 0 Å². The van der Waals surface area contributed by atoms with Crippen LogP contribution in [-0.4, -0.2) is 32.2 Å². The quantitative estimate of drug-likeness (QED) is 0.741. The summed E-state index contributed by atoms with van der Waals surface area (Å²) >= 11 is 0. The molecule has 0 saturated carbocycles. The fraction of sp³-hybridized carbons (Fsp3) is 0.0588. The van der Waals surface area contributed by atoms with Gasteiger partial charge in [-0.2, -0.15) is 4.68 Å². The molecule has 25 heavy (non-hydrogen) atoms. The van der Waals surface area contributed by atoms with Gasteiger partial charge in [-0.25, -0.2) is 9.59 Å². The number of aromatic nitrogens is 3. The normalized spacial score (nSPS) is 10.2. The van der Waals surface area contributed by atoms with Gasteiger partial charge in [-0.05, 0) is 17.7 Å². The van der Waals surface area contributed by atoms with Crippen molar-refractivity contribution in [3.63, 3.8) is 0 Å². The Balaban J connectivity index is 1.79. The summed E-state index contributed by atoms with van der Waals surface area (Å²) in [4.78, 5) is 23.4. The third kappa shape index (κ3) is 3.81. The van der Waals surface area contributed by atoms with Crippen LogP contribution in [0.5, 0.6) is 0 Å². The van der Waals surface area contributed by atoms with Crippen LogP contribution in [0.3, 0.4) is 0 Å². The molecule has 1 heterocycles. The van der Waals surface area contributed by atoms with E-state index in [1.54, 1.807) is 30.3 Å². The maximum Gasteiger partial charge on any atom is 0.413 e. The van der Waals surface area contributed by atoms with Gasteiger partial charge in [0.15, 0.2) is 5.82 Å². The highest BCUT2D eigenvalue weighted by Crippen LogP contribution is 2.18. The monoisotopic (exact) mass is 338 g/mol. The standard InChI is InChI=1S/C17H14N4O4/c22-16(23)14-15(21(20-19-14)13-9-5-2-6-10-13)18-17(24)25-11-12-7-3-1-4-8-12/h1-10H,11H2,(H,18,24)(H,22,23). The average molecular weight is 338 g/mol. The van der Waals surface area contributed by atoms with E-state index in [0.717, 1.165) is 5.56 Å². The molecule has 0 unspecified atom stereocenters. The number of ether oxygens (including phenoxy) is 1. The molecule has 8 nitrogen and oxygen atoms in total.